The summed E-state index contributed by atoms with van der Waals surface area (Å²) in [5, 5.41) is 49.5. The molecule has 3 rings (SSSR count). The van der Waals surface area contributed by atoms with Gasteiger partial charge in [0.05, 0.1) is 5.92 Å². The Morgan fingerprint density at radius 2 is 1.68 bits per heavy atom. The van der Waals surface area contributed by atoms with E-state index in [9.17, 15) is 35.1 Å². The number of aliphatic hydroxyl groups is 3. The van der Waals surface area contributed by atoms with Crippen LogP contribution in [0.5, 0.6) is 5.75 Å². The van der Waals surface area contributed by atoms with Crippen LogP contribution in [0, 0.1) is 0 Å². The number of phenolic OH excluding ortho intramolecular Hbond substituents is 1. The van der Waals surface area contributed by atoms with Gasteiger partial charge in [0, 0.05) is 0 Å². The summed E-state index contributed by atoms with van der Waals surface area (Å²) in [6.45, 7) is 1.54. The maximum Gasteiger partial charge on any atom is 0.336 e. The van der Waals surface area contributed by atoms with Crippen molar-refractivity contribution in [2.24, 2.45) is 0 Å². The summed E-state index contributed by atoms with van der Waals surface area (Å²) in [4.78, 5) is 23.9. The summed E-state index contributed by atoms with van der Waals surface area (Å²) in [6, 6.07) is 9.86. The first kappa shape index (κ1) is 20.0. The molecule has 0 aliphatic carbocycles. The molecule has 1 aliphatic rings. The fraction of sp³-hybridized carbons (Fsp3) is 0.368. The molecule has 5 N–H and O–H groups in total. The molecule has 0 amide bonds. The van der Waals surface area contributed by atoms with Crippen LogP contribution in [0.15, 0.2) is 36.4 Å². The number of carboxylic acids is 1. The van der Waals surface area contributed by atoms with Crippen LogP contribution in [0.25, 0.3) is 10.8 Å². The van der Waals surface area contributed by atoms with Crippen LogP contribution in [0.4, 0.5) is 0 Å². The number of aliphatic carboxylic acids is 1. The number of hydrogen-bond donors (Lipinski definition) is 5. The van der Waals surface area contributed by atoms with Crippen LogP contribution in [0.2, 0.25) is 0 Å². The Kier molecular flexibility index (Phi) is 5.52. The minimum atomic E-state index is -1.92. The number of rotatable bonds is 4. The molecule has 0 unspecified atom stereocenters. The standard InChI is InChI=1S/C19H20O9/c1-8(9-2-3-11-7-12(20)5-4-10(11)6-9)18(25)27-15-13(21)14(22)19(26)28-16(15)17(23)24/h2-8,13-16,19-22,26H,1H3,(H,23,24)/t8-,13+,14+,15-,16-,19+/m0/s1. The number of phenols is 1. The van der Waals surface area contributed by atoms with Crippen molar-refractivity contribution >= 4 is 22.7 Å². The second-order valence-electron chi connectivity index (χ2n) is 6.68. The Labute approximate surface area is 159 Å². The van der Waals surface area contributed by atoms with E-state index in [1.807, 2.05) is 0 Å². The molecular formula is C19H20O9. The lowest BCUT2D eigenvalue weighted by atomic mass is 9.96. The van der Waals surface area contributed by atoms with Crippen LogP contribution >= 0.6 is 0 Å². The molecule has 1 fully saturated rings. The van der Waals surface area contributed by atoms with Crippen molar-refractivity contribution in [1.82, 2.24) is 0 Å². The van der Waals surface area contributed by atoms with Gasteiger partial charge in [-0.2, -0.15) is 0 Å². The van der Waals surface area contributed by atoms with Gasteiger partial charge in [-0.25, -0.2) is 4.79 Å². The Morgan fingerprint density at radius 1 is 1.04 bits per heavy atom. The molecule has 150 valence electrons. The van der Waals surface area contributed by atoms with Crippen molar-refractivity contribution in [3.63, 3.8) is 0 Å². The number of aliphatic hydroxyl groups excluding tert-OH is 3. The van der Waals surface area contributed by atoms with Gasteiger partial charge in [-0.15, -0.1) is 0 Å². The van der Waals surface area contributed by atoms with E-state index in [0.29, 0.717) is 5.56 Å². The third-order valence-corrected chi connectivity index (χ3v) is 4.76. The average molecular weight is 392 g/mol. The number of ether oxygens (including phenoxy) is 2. The summed E-state index contributed by atoms with van der Waals surface area (Å²) >= 11 is 0. The number of fused-ring (bicyclic) bond motifs is 1. The molecule has 28 heavy (non-hydrogen) atoms. The topological polar surface area (TPSA) is 154 Å². The number of carbonyl (C=O) groups excluding carboxylic acids is 1. The summed E-state index contributed by atoms with van der Waals surface area (Å²) in [6.07, 6.45) is -9.09. The molecule has 1 heterocycles. The smallest absolute Gasteiger partial charge is 0.336 e. The van der Waals surface area contributed by atoms with E-state index in [1.165, 1.54) is 6.07 Å². The maximum atomic E-state index is 12.5. The molecule has 0 radical (unpaired) electrons. The highest BCUT2D eigenvalue weighted by Gasteiger charge is 2.49. The zero-order valence-electron chi connectivity index (χ0n) is 14.8. The highest BCUT2D eigenvalue weighted by atomic mass is 16.7. The lowest BCUT2D eigenvalue weighted by molar-refractivity contribution is -0.283. The number of benzene rings is 2. The van der Waals surface area contributed by atoms with Gasteiger partial charge in [0.15, 0.2) is 18.5 Å². The lowest BCUT2D eigenvalue weighted by Gasteiger charge is -2.38. The Morgan fingerprint density at radius 3 is 2.36 bits per heavy atom. The van der Waals surface area contributed by atoms with Crippen LogP contribution in [0.3, 0.4) is 0 Å². The van der Waals surface area contributed by atoms with Gasteiger partial charge < -0.3 is 35.0 Å². The zero-order chi connectivity index (χ0) is 20.6. The third-order valence-electron chi connectivity index (χ3n) is 4.76. The minimum Gasteiger partial charge on any atom is -0.508 e. The highest BCUT2D eigenvalue weighted by Crippen LogP contribution is 2.28. The summed E-state index contributed by atoms with van der Waals surface area (Å²) in [5.74, 6) is -3.09. The molecule has 0 bridgehead atoms. The Hall–Kier alpha value is -2.72. The Balaban J connectivity index is 1.80. The number of carboxylic acid groups (broad SMARTS) is 1. The first-order chi connectivity index (χ1) is 13.2. The normalized spacial score (nSPS) is 28.6. The van der Waals surface area contributed by atoms with Gasteiger partial charge in [0.2, 0.25) is 0 Å². The van der Waals surface area contributed by atoms with Gasteiger partial charge in [-0.3, -0.25) is 4.79 Å². The van der Waals surface area contributed by atoms with E-state index in [2.05, 4.69) is 0 Å². The lowest BCUT2D eigenvalue weighted by Crippen LogP contribution is -2.61. The van der Waals surface area contributed by atoms with Crippen LogP contribution in [-0.2, 0) is 19.1 Å². The van der Waals surface area contributed by atoms with Crippen molar-refractivity contribution in [1.29, 1.82) is 0 Å². The number of aromatic hydroxyl groups is 1. The van der Waals surface area contributed by atoms with E-state index >= 15 is 0 Å². The summed E-state index contributed by atoms with van der Waals surface area (Å²) in [5.41, 5.74) is 0.571. The predicted octanol–water partition coefficient (Wildman–Crippen LogP) is 0.0843. The molecule has 6 atom stereocenters. The van der Waals surface area contributed by atoms with Gasteiger partial charge in [-0.05, 0) is 35.4 Å². The highest BCUT2D eigenvalue weighted by molar-refractivity contribution is 5.87. The summed E-state index contributed by atoms with van der Waals surface area (Å²) < 4.78 is 9.88. The van der Waals surface area contributed by atoms with Crippen molar-refractivity contribution in [3.05, 3.63) is 42.0 Å². The molecule has 0 saturated carbocycles. The average Bonchev–Trinajstić information content (AvgIpc) is 2.66. The van der Waals surface area contributed by atoms with Crippen molar-refractivity contribution in [3.8, 4) is 5.75 Å². The SMILES string of the molecule is C[C@H](C(=O)O[C@H]1[C@H](O)[C@@H](O)[C@H](O)O[C@@H]1C(=O)O)c1ccc2cc(O)ccc2c1. The van der Waals surface area contributed by atoms with Gasteiger partial charge >= 0.3 is 11.9 Å². The second kappa shape index (κ2) is 7.72. The molecule has 9 heteroatoms. The minimum absolute atomic E-state index is 0.111. The fourth-order valence-electron chi connectivity index (χ4n) is 3.07. The number of esters is 1. The van der Waals surface area contributed by atoms with Crippen LogP contribution in [-0.4, -0.2) is 68.2 Å². The first-order valence-electron chi connectivity index (χ1n) is 8.54. The molecule has 9 nitrogen and oxygen atoms in total. The molecule has 2 aromatic rings. The quantitative estimate of drug-likeness (QED) is 0.455. The number of carbonyl (C=O) groups is 2. The zero-order valence-corrected chi connectivity index (χ0v) is 14.8. The predicted molar refractivity (Wildman–Crippen MR) is 94.4 cm³/mol. The second-order valence-corrected chi connectivity index (χ2v) is 6.68. The Bertz CT molecular complexity index is 896. The van der Waals surface area contributed by atoms with Crippen molar-refractivity contribution in [2.75, 3.05) is 0 Å². The molecular weight excluding hydrogens is 372 g/mol. The largest absolute Gasteiger partial charge is 0.508 e. The van der Waals surface area contributed by atoms with E-state index in [-0.39, 0.29) is 5.75 Å². The maximum absolute atomic E-state index is 12.5. The molecule has 2 aromatic carbocycles. The molecule has 1 aliphatic heterocycles. The molecule has 1 saturated heterocycles. The van der Waals surface area contributed by atoms with E-state index < -0.39 is 48.6 Å². The summed E-state index contributed by atoms with van der Waals surface area (Å²) in [7, 11) is 0. The third kappa shape index (κ3) is 3.78. The molecule has 0 spiro atoms. The molecule has 0 aromatic heterocycles. The van der Waals surface area contributed by atoms with Crippen molar-refractivity contribution < 1.29 is 44.6 Å². The van der Waals surface area contributed by atoms with E-state index in [0.717, 1.165) is 10.8 Å². The van der Waals surface area contributed by atoms with Gasteiger partial charge in [0.25, 0.3) is 0 Å². The van der Waals surface area contributed by atoms with Crippen LogP contribution < -0.4 is 0 Å². The number of hydrogen-bond acceptors (Lipinski definition) is 8. The van der Waals surface area contributed by atoms with E-state index in [1.54, 1.807) is 37.3 Å². The fourth-order valence-corrected chi connectivity index (χ4v) is 3.07. The van der Waals surface area contributed by atoms with E-state index in [4.69, 9.17) is 9.47 Å². The van der Waals surface area contributed by atoms with Gasteiger partial charge in [-0.1, -0.05) is 24.3 Å². The van der Waals surface area contributed by atoms with Gasteiger partial charge in [0.1, 0.15) is 18.0 Å². The monoisotopic (exact) mass is 392 g/mol. The first-order valence-corrected chi connectivity index (χ1v) is 8.54. The van der Waals surface area contributed by atoms with Crippen LogP contribution in [0.1, 0.15) is 18.4 Å². The van der Waals surface area contributed by atoms with Crippen molar-refractivity contribution in [2.45, 2.75) is 43.5 Å².